The number of morpholine rings is 1. The van der Waals surface area contributed by atoms with E-state index in [0.717, 1.165) is 26.1 Å². The molecular formula is C13H28N2O. The molecule has 3 heteroatoms. The van der Waals surface area contributed by atoms with Gasteiger partial charge in [0.15, 0.2) is 0 Å². The van der Waals surface area contributed by atoms with E-state index >= 15 is 0 Å². The highest BCUT2D eigenvalue weighted by atomic mass is 16.5. The quantitative estimate of drug-likeness (QED) is 0.800. The van der Waals surface area contributed by atoms with Crippen LogP contribution in [0.5, 0.6) is 0 Å². The van der Waals surface area contributed by atoms with Crippen molar-refractivity contribution in [1.82, 2.24) is 4.90 Å². The van der Waals surface area contributed by atoms with Gasteiger partial charge in [-0.2, -0.15) is 0 Å². The molecule has 1 saturated heterocycles. The van der Waals surface area contributed by atoms with Crippen LogP contribution < -0.4 is 5.73 Å². The monoisotopic (exact) mass is 228 g/mol. The lowest BCUT2D eigenvalue weighted by molar-refractivity contribution is -0.180. The highest BCUT2D eigenvalue weighted by Crippen LogP contribution is 2.28. The van der Waals surface area contributed by atoms with Crippen LogP contribution in [-0.2, 0) is 4.74 Å². The van der Waals surface area contributed by atoms with Gasteiger partial charge in [-0.15, -0.1) is 0 Å². The summed E-state index contributed by atoms with van der Waals surface area (Å²) in [6, 6.07) is 0.321. The molecule has 1 aliphatic rings. The van der Waals surface area contributed by atoms with Gasteiger partial charge in [0.1, 0.15) is 0 Å². The van der Waals surface area contributed by atoms with Gasteiger partial charge in [-0.1, -0.05) is 0 Å². The Balaban J connectivity index is 2.42. The van der Waals surface area contributed by atoms with Crippen LogP contribution in [0.2, 0.25) is 0 Å². The van der Waals surface area contributed by atoms with Crippen molar-refractivity contribution < 1.29 is 4.74 Å². The summed E-state index contributed by atoms with van der Waals surface area (Å²) in [5.74, 6) is 0. The summed E-state index contributed by atoms with van der Waals surface area (Å²) in [5.41, 5.74) is 5.71. The largest absolute Gasteiger partial charge is 0.367 e. The van der Waals surface area contributed by atoms with Crippen molar-refractivity contribution in [2.24, 2.45) is 5.73 Å². The van der Waals surface area contributed by atoms with Gasteiger partial charge in [0, 0.05) is 19.1 Å². The topological polar surface area (TPSA) is 38.5 Å². The van der Waals surface area contributed by atoms with E-state index in [1.54, 1.807) is 0 Å². The molecular weight excluding hydrogens is 200 g/mol. The minimum absolute atomic E-state index is 0.0317. The van der Waals surface area contributed by atoms with Crippen molar-refractivity contribution in [2.45, 2.75) is 64.7 Å². The van der Waals surface area contributed by atoms with Crippen LogP contribution >= 0.6 is 0 Å². The number of rotatable bonds is 4. The molecule has 0 aromatic rings. The van der Waals surface area contributed by atoms with Crippen LogP contribution in [-0.4, -0.2) is 41.8 Å². The van der Waals surface area contributed by atoms with Gasteiger partial charge >= 0.3 is 0 Å². The Bertz CT molecular complexity index is 208. The zero-order valence-corrected chi connectivity index (χ0v) is 11.5. The second-order valence-electron chi connectivity index (χ2n) is 6.45. The van der Waals surface area contributed by atoms with Gasteiger partial charge in [0.25, 0.3) is 0 Å². The summed E-state index contributed by atoms with van der Waals surface area (Å²) in [5, 5.41) is 0. The lowest BCUT2D eigenvalue weighted by Crippen LogP contribution is -2.57. The summed E-state index contributed by atoms with van der Waals surface area (Å²) in [7, 11) is 0. The van der Waals surface area contributed by atoms with E-state index in [1.807, 2.05) is 0 Å². The highest BCUT2D eigenvalue weighted by Gasteiger charge is 2.37. The summed E-state index contributed by atoms with van der Waals surface area (Å²) in [6.45, 7) is 14.0. The Morgan fingerprint density at radius 1 is 1.19 bits per heavy atom. The number of ether oxygens (including phenoxy) is 1. The van der Waals surface area contributed by atoms with Gasteiger partial charge in [0.05, 0.1) is 11.2 Å². The molecule has 0 bridgehead atoms. The third-order valence-electron chi connectivity index (χ3n) is 2.90. The Morgan fingerprint density at radius 3 is 2.12 bits per heavy atom. The van der Waals surface area contributed by atoms with Crippen molar-refractivity contribution in [2.75, 3.05) is 19.6 Å². The molecule has 1 fully saturated rings. The summed E-state index contributed by atoms with van der Waals surface area (Å²) in [4.78, 5) is 2.51. The predicted octanol–water partition coefficient (Wildman–Crippen LogP) is 2.00. The molecule has 0 radical (unpaired) electrons. The van der Waals surface area contributed by atoms with Crippen LogP contribution in [0.25, 0.3) is 0 Å². The molecule has 0 aromatic heterocycles. The second kappa shape index (κ2) is 5.03. The number of hydrogen-bond donors (Lipinski definition) is 1. The SMILES string of the molecule is CC(N)CCCN1CC(C)(C)OC(C)(C)C1. The fraction of sp³-hybridized carbons (Fsp3) is 1.00. The summed E-state index contributed by atoms with van der Waals surface area (Å²) in [6.07, 6.45) is 2.29. The first-order valence-electron chi connectivity index (χ1n) is 6.38. The van der Waals surface area contributed by atoms with E-state index in [4.69, 9.17) is 10.5 Å². The molecule has 0 spiro atoms. The highest BCUT2D eigenvalue weighted by molar-refractivity contribution is 4.88. The maximum Gasteiger partial charge on any atom is 0.0760 e. The van der Waals surface area contributed by atoms with E-state index in [-0.39, 0.29) is 11.2 Å². The number of nitrogens with zero attached hydrogens (tertiary/aromatic N) is 1. The van der Waals surface area contributed by atoms with Gasteiger partial charge in [-0.3, -0.25) is 4.90 Å². The zero-order valence-electron chi connectivity index (χ0n) is 11.5. The third kappa shape index (κ3) is 4.81. The lowest BCUT2D eigenvalue weighted by atomic mass is 9.98. The molecule has 1 atom stereocenters. The minimum atomic E-state index is -0.0317. The van der Waals surface area contributed by atoms with Crippen molar-refractivity contribution in [3.8, 4) is 0 Å². The van der Waals surface area contributed by atoms with Crippen molar-refractivity contribution in [3.05, 3.63) is 0 Å². The molecule has 1 rings (SSSR count). The fourth-order valence-corrected chi connectivity index (χ4v) is 2.74. The van der Waals surface area contributed by atoms with E-state index in [2.05, 4.69) is 39.5 Å². The molecule has 0 aliphatic carbocycles. The Kier molecular flexibility index (Phi) is 4.38. The predicted molar refractivity (Wildman–Crippen MR) is 68.6 cm³/mol. The Hall–Kier alpha value is -0.120. The lowest BCUT2D eigenvalue weighted by Gasteiger charge is -2.47. The van der Waals surface area contributed by atoms with Crippen LogP contribution in [0.3, 0.4) is 0 Å². The minimum Gasteiger partial charge on any atom is -0.367 e. The third-order valence-corrected chi connectivity index (χ3v) is 2.90. The summed E-state index contributed by atoms with van der Waals surface area (Å²) < 4.78 is 6.05. The van der Waals surface area contributed by atoms with Crippen molar-refractivity contribution in [1.29, 1.82) is 0 Å². The average molecular weight is 228 g/mol. The molecule has 16 heavy (non-hydrogen) atoms. The smallest absolute Gasteiger partial charge is 0.0760 e. The molecule has 96 valence electrons. The van der Waals surface area contributed by atoms with Gasteiger partial charge in [-0.25, -0.2) is 0 Å². The second-order valence-corrected chi connectivity index (χ2v) is 6.45. The molecule has 1 aliphatic heterocycles. The first kappa shape index (κ1) is 13.9. The molecule has 0 amide bonds. The number of hydrogen-bond acceptors (Lipinski definition) is 3. The van der Waals surface area contributed by atoms with Crippen molar-refractivity contribution in [3.63, 3.8) is 0 Å². The molecule has 1 unspecified atom stereocenters. The van der Waals surface area contributed by atoms with Gasteiger partial charge in [-0.05, 0) is 54.0 Å². The average Bonchev–Trinajstić information content (AvgIpc) is 1.96. The van der Waals surface area contributed by atoms with Crippen LogP contribution in [0.15, 0.2) is 0 Å². The Labute approximate surface area is 100 Å². The molecule has 0 saturated carbocycles. The molecule has 2 N–H and O–H groups in total. The normalized spacial score (nSPS) is 26.6. The zero-order chi connectivity index (χ0) is 12.4. The fourth-order valence-electron chi connectivity index (χ4n) is 2.74. The van der Waals surface area contributed by atoms with E-state index in [9.17, 15) is 0 Å². The van der Waals surface area contributed by atoms with E-state index in [0.29, 0.717) is 6.04 Å². The van der Waals surface area contributed by atoms with Crippen LogP contribution in [0.4, 0.5) is 0 Å². The molecule has 3 nitrogen and oxygen atoms in total. The van der Waals surface area contributed by atoms with Gasteiger partial charge in [0.2, 0.25) is 0 Å². The Morgan fingerprint density at radius 2 is 1.69 bits per heavy atom. The molecule has 0 aromatic carbocycles. The summed E-state index contributed by atoms with van der Waals surface area (Å²) >= 11 is 0. The van der Waals surface area contributed by atoms with Crippen LogP contribution in [0.1, 0.15) is 47.5 Å². The molecule has 1 heterocycles. The van der Waals surface area contributed by atoms with Gasteiger partial charge < -0.3 is 10.5 Å². The maximum atomic E-state index is 6.05. The number of nitrogens with two attached hydrogens (primary N) is 1. The van der Waals surface area contributed by atoms with E-state index in [1.165, 1.54) is 6.42 Å². The van der Waals surface area contributed by atoms with Crippen molar-refractivity contribution >= 4 is 0 Å². The maximum absolute atomic E-state index is 6.05. The standard InChI is InChI=1S/C13H28N2O/c1-11(14)7-6-8-15-9-12(2,3)16-13(4,5)10-15/h11H,6-10,14H2,1-5H3. The first-order chi connectivity index (χ1) is 7.20. The van der Waals surface area contributed by atoms with Crippen LogP contribution in [0, 0.1) is 0 Å². The first-order valence-corrected chi connectivity index (χ1v) is 6.38. The van der Waals surface area contributed by atoms with E-state index < -0.39 is 0 Å².